The van der Waals surface area contributed by atoms with Gasteiger partial charge in [0, 0.05) is 24.4 Å². The Labute approximate surface area is 151 Å². The Morgan fingerprint density at radius 2 is 2.20 bits per heavy atom. The molecule has 1 fully saturated rings. The Balaban J connectivity index is 1.48. The third-order valence-corrected chi connectivity index (χ3v) is 5.31. The number of piperidine rings is 1. The molecule has 0 bridgehead atoms. The summed E-state index contributed by atoms with van der Waals surface area (Å²) in [6, 6.07) is 4.07. The number of thiophene rings is 1. The molecular formula is C17H24N4O3S. The molecule has 3 heterocycles. The molecule has 25 heavy (non-hydrogen) atoms. The van der Waals surface area contributed by atoms with E-state index < -0.39 is 0 Å². The average Bonchev–Trinajstić information content (AvgIpc) is 3.25. The fourth-order valence-electron chi connectivity index (χ4n) is 2.94. The largest absolute Gasteiger partial charge is 0.420 e. The van der Waals surface area contributed by atoms with E-state index in [1.54, 1.807) is 18.4 Å². The van der Waals surface area contributed by atoms with Crippen LogP contribution in [0.25, 0.3) is 10.8 Å². The molecule has 0 unspecified atom stereocenters. The van der Waals surface area contributed by atoms with Crippen molar-refractivity contribution >= 4 is 17.2 Å². The highest BCUT2D eigenvalue weighted by Crippen LogP contribution is 2.31. The Hall–Kier alpha value is -1.77. The van der Waals surface area contributed by atoms with Crippen molar-refractivity contribution in [2.45, 2.75) is 25.7 Å². The lowest BCUT2D eigenvalue weighted by Gasteiger charge is -2.29. The summed E-state index contributed by atoms with van der Waals surface area (Å²) in [5.74, 6) is 1.64. The van der Waals surface area contributed by atoms with Crippen molar-refractivity contribution < 1.29 is 13.9 Å². The van der Waals surface area contributed by atoms with Gasteiger partial charge < -0.3 is 14.5 Å². The molecule has 0 radical (unpaired) electrons. The van der Waals surface area contributed by atoms with Crippen LogP contribution in [0.2, 0.25) is 0 Å². The van der Waals surface area contributed by atoms with Crippen LogP contribution in [0.15, 0.2) is 16.5 Å². The van der Waals surface area contributed by atoms with E-state index in [4.69, 9.17) is 9.15 Å². The van der Waals surface area contributed by atoms with Crippen LogP contribution in [0.3, 0.4) is 0 Å². The number of likely N-dealkylation sites (tertiary alicyclic amines) is 1. The van der Waals surface area contributed by atoms with Crippen LogP contribution in [0.1, 0.15) is 29.5 Å². The number of hydrogen-bond donors (Lipinski definition) is 1. The predicted octanol–water partition coefficient (Wildman–Crippen LogP) is 2.05. The Kier molecular flexibility index (Phi) is 6.17. The van der Waals surface area contributed by atoms with Crippen molar-refractivity contribution in [3.63, 3.8) is 0 Å². The summed E-state index contributed by atoms with van der Waals surface area (Å²) >= 11 is 1.66. The van der Waals surface area contributed by atoms with Crippen molar-refractivity contribution in [2.75, 3.05) is 39.9 Å². The lowest BCUT2D eigenvalue weighted by Crippen LogP contribution is -2.41. The van der Waals surface area contributed by atoms with Gasteiger partial charge in [-0.2, -0.15) is 0 Å². The number of aromatic nitrogens is 2. The first-order valence-electron chi connectivity index (χ1n) is 8.54. The van der Waals surface area contributed by atoms with E-state index >= 15 is 0 Å². The molecule has 0 aromatic carbocycles. The zero-order valence-electron chi connectivity index (χ0n) is 14.7. The maximum atomic E-state index is 11.9. The number of nitrogens with one attached hydrogen (secondary N) is 1. The lowest BCUT2D eigenvalue weighted by molar-refractivity contribution is -0.122. The fourth-order valence-corrected chi connectivity index (χ4v) is 3.73. The third kappa shape index (κ3) is 4.87. The molecule has 3 rings (SSSR count). The molecule has 136 valence electrons. The van der Waals surface area contributed by atoms with Gasteiger partial charge in [0.05, 0.1) is 18.0 Å². The number of ether oxygens (including phenoxy) is 1. The normalized spacial score (nSPS) is 16.2. The van der Waals surface area contributed by atoms with Crippen molar-refractivity contribution in [3.05, 3.63) is 22.9 Å². The van der Waals surface area contributed by atoms with Gasteiger partial charge in [-0.25, -0.2) is 0 Å². The monoisotopic (exact) mass is 364 g/mol. The molecule has 1 amide bonds. The summed E-state index contributed by atoms with van der Waals surface area (Å²) in [6.07, 6.45) is 1.85. The van der Waals surface area contributed by atoms with Gasteiger partial charge in [-0.1, -0.05) is 0 Å². The second-order valence-electron chi connectivity index (χ2n) is 6.25. The van der Waals surface area contributed by atoms with Crippen LogP contribution in [-0.2, 0) is 9.53 Å². The van der Waals surface area contributed by atoms with Gasteiger partial charge in [-0.3, -0.25) is 9.69 Å². The first-order valence-corrected chi connectivity index (χ1v) is 9.35. The van der Waals surface area contributed by atoms with Gasteiger partial charge in [0.2, 0.25) is 11.8 Å². The maximum absolute atomic E-state index is 11.9. The molecule has 0 saturated carbocycles. The van der Waals surface area contributed by atoms with Gasteiger partial charge >= 0.3 is 0 Å². The van der Waals surface area contributed by atoms with Crippen LogP contribution in [0.5, 0.6) is 0 Å². The van der Waals surface area contributed by atoms with E-state index in [-0.39, 0.29) is 11.8 Å². The highest BCUT2D eigenvalue weighted by atomic mass is 32.1. The molecule has 0 atom stereocenters. The summed E-state index contributed by atoms with van der Waals surface area (Å²) in [5.41, 5.74) is 0. The number of nitrogens with zero attached hydrogens (tertiary/aromatic N) is 3. The van der Waals surface area contributed by atoms with Crippen LogP contribution in [0.4, 0.5) is 0 Å². The second kappa shape index (κ2) is 8.55. The van der Waals surface area contributed by atoms with E-state index in [1.165, 1.54) is 4.88 Å². The molecule has 0 aliphatic carbocycles. The number of carbonyl (C=O) groups is 1. The summed E-state index contributed by atoms with van der Waals surface area (Å²) in [7, 11) is 1.62. The molecule has 1 N–H and O–H groups in total. The van der Waals surface area contributed by atoms with E-state index in [0.29, 0.717) is 31.5 Å². The minimum absolute atomic E-state index is 0.0450. The average molecular weight is 364 g/mol. The number of aryl methyl sites for hydroxylation is 1. The van der Waals surface area contributed by atoms with E-state index in [9.17, 15) is 4.79 Å². The minimum Gasteiger partial charge on any atom is -0.420 e. The quantitative estimate of drug-likeness (QED) is 0.758. The molecule has 1 aliphatic heterocycles. The highest BCUT2D eigenvalue weighted by molar-refractivity contribution is 7.15. The van der Waals surface area contributed by atoms with Gasteiger partial charge in [0.15, 0.2) is 0 Å². The molecule has 7 nitrogen and oxygen atoms in total. The maximum Gasteiger partial charge on any atom is 0.257 e. The lowest BCUT2D eigenvalue weighted by atomic mass is 9.97. The SMILES string of the molecule is COCCNC(=O)CN1CCC(c2nnc(-c3ccc(C)s3)o2)CC1. The number of hydrogen-bond acceptors (Lipinski definition) is 7. The first kappa shape index (κ1) is 18.0. The van der Waals surface area contributed by atoms with Crippen LogP contribution >= 0.6 is 11.3 Å². The number of methoxy groups -OCH3 is 1. The fraction of sp³-hybridized carbons (Fsp3) is 0.588. The van der Waals surface area contributed by atoms with Gasteiger partial charge in [0.1, 0.15) is 0 Å². The number of rotatable bonds is 7. The van der Waals surface area contributed by atoms with Crippen LogP contribution in [0, 0.1) is 6.92 Å². The predicted molar refractivity (Wildman–Crippen MR) is 95.6 cm³/mol. The van der Waals surface area contributed by atoms with Gasteiger partial charge in [-0.05, 0) is 45.0 Å². The third-order valence-electron chi connectivity index (χ3n) is 4.32. The second-order valence-corrected chi connectivity index (χ2v) is 7.54. The summed E-state index contributed by atoms with van der Waals surface area (Å²) in [5, 5.41) is 11.3. The van der Waals surface area contributed by atoms with Crippen molar-refractivity contribution in [1.82, 2.24) is 20.4 Å². The van der Waals surface area contributed by atoms with Crippen LogP contribution < -0.4 is 5.32 Å². The van der Waals surface area contributed by atoms with Crippen molar-refractivity contribution in [1.29, 1.82) is 0 Å². The Morgan fingerprint density at radius 1 is 1.40 bits per heavy atom. The zero-order chi connectivity index (χ0) is 17.6. The molecule has 2 aromatic heterocycles. The topological polar surface area (TPSA) is 80.5 Å². The van der Waals surface area contributed by atoms with Gasteiger partial charge in [0.25, 0.3) is 5.89 Å². The van der Waals surface area contributed by atoms with Crippen molar-refractivity contribution in [2.24, 2.45) is 0 Å². The van der Waals surface area contributed by atoms with Crippen LogP contribution in [-0.4, -0.2) is 60.9 Å². The Bertz CT molecular complexity index is 692. The molecule has 1 aliphatic rings. The highest BCUT2D eigenvalue weighted by Gasteiger charge is 2.26. The summed E-state index contributed by atoms with van der Waals surface area (Å²) in [4.78, 5) is 16.3. The molecule has 0 spiro atoms. The van der Waals surface area contributed by atoms with E-state index in [1.807, 2.05) is 6.07 Å². The molecular weight excluding hydrogens is 340 g/mol. The summed E-state index contributed by atoms with van der Waals surface area (Å²) < 4.78 is 10.8. The number of carbonyl (C=O) groups excluding carboxylic acids is 1. The van der Waals surface area contributed by atoms with E-state index in [2.05, 4.69) is 33.4 Å². The Morgan fingerprint density at radius 3 is 2.88 bits per heavy atom. The minimum atomic E-state index is 0.0450. The van der Waals surface area contributed by atoms with Crippen molar-refractivity contribution in [3.8, 4) is 10.8 Å². The standard InChI is InChI=1S/C17H24N4O3S/c1-12-3-4-14(25-12)17-20-19-16(24-17)13-5-8-21(9-6-13)11-15(22)18-7-10-23-2/h3-4,13H,5-11H2,1-2H3,(H,18,22). The molecule has 2 aromatic rings. The summed E-state index contributed by atoms with van der Waals surface area (Å²) in [6.45, 7) is 5.30. The van der Waals surface area contributed by atoms with Gasteiger partial charge in [-0.15, -0.1) is 21.5 Å². The van der Waals surface area contributed by atoms with E-state index in [0.717, 1.165) is 30.8 Å². The number of amides is 1. The zero-order valence-corrected chi connectivity index (χ0v) is 15.5. The first-order chi connectivity index (χ1) is 12.2. The molecule has 1 saturated heterocycles. The molecule has 8 heteroatoms. The smallest absolute Gasteiger partial charge is 0.257 e.